The zero-order valence-electron chi connectivity index (χ0n) is 20.1. The lowest BCUT2D eigenvalue weighted by molar-refractivity contribution is 0.269. The number of benzene rings is 2. The molecule has 0 bridgehead atoms. The van der Waals surface area contributed by atoms with E-state index in [1.165, 1.54) is 47.3 Å². The van der Waals surface area contributed by atoms with Crippen molar-refractivity contribution in [3.8, 4) is 12.3 Å². The molecule has 1 aliphatic rings. The molecule has 0 N–H and O–H groups in total. The van der Waals surface area contributed by atoms with E-state index >= 15 is 0 Å². The monoisotopic (exact) mass is 438 g/mol. The molecule has 4 heteroatoms. The first-order chi connectivity index (χ1) is 16.0. The van der Waals surface area contributed by atoms with Gasteiger partial charge in [0.05, 0.1) is 0 Å². The van der Waals surface area contributed by atoms with Crippen LogP contribution in [0, 0.1) is 26.2 Å². The summed E-state index contributed by atoms with van der Waals surface area (Å²) < 4.78 is 0. The Bertz CT molecular complexity index is 1100. The smallest absolute Gasteiger partial charge is 0.132 e. The third kappa shape index (κ3) is 6.28. The maximum atomic E-state index is 5.46. The van der Waals surface area contributed by atoms with Gasteiger partial charge in [0.15, 0.2) is 0 Å². The summed E-state index contributed by atoms with van der Waals surface area (Å²) in [6.07, 6.45) is 10.1. The number of nitrogens with zero attached hydrogens (tertiary/aromatic N) is 4. The largest absolute Gasteiger partial charge is 0.305 e. The molecule has 0 unspecified atom stereocenters. The molecule has 1 aromatic heterocycles. The summed E-state index contributed by atoms with van der Waals surface area (Å²) in [4.78, 5) is 14.4. The Kier molecular flexibility index (Phi) is 7.54. The van der Waals surface area contributed by atoms with Crippen LogP contribution in [0.5, 0.6) is 0 Å². The van der Waals surface area contributed by atoms with Gasteiger partial charge in [0.25, 0.3) is 0 Å². The van der Waals surface area contributed by atoms with E-state index in [0.717, 1.165) is 43.1 Å². The van der Waals surface area contributed by atoms with Crippen molar-refractivity contribution in [3.05, 3.63) is 93.6 Å². The van der Waals surface area contributed by atoms with E-state index in [1.807, 2.05) is 24.4 Å². The first kappa shape index (κ1) is 23.2. The maximum Gasteiger partial charge on any atom is 0.132 e. The zero-order chi connectivity index (χ0) is 23.2. The molecular formula is C29H34N4. The number of hydrogen-bond acceptors (Lipinski definition) is 4. The first-order valence-electron chi connectivity index (χ1n) is 11.9. The number of aromatic nitrogens is 2. The average Bonchev–Trinajstić information content (AvgIpc) is 3.01. The number of hydrogen-bond donors (Lipinski definition) is 0. The second kappa shape index (κ2) is 10.7. The van der Waals surface area contributed by atoms with Crippen molar-refractivity contribution in [1.82, 2.24) is 19.8 Å². The molecule has 1 fully saturated rings. The molecule has 170 valence electrons. The van der Waals surface area contributed by atoms with E-state index in [2.05, 4.69) is 65.9 Å². The molecule has 4 nitrogen and oxygen atoms in total. The topological polar surface area (TPSA) is 32.3 Å². The Labute approximate surface area is 198 Å². The van der Waals surface area contributed by atoms with Crippen molar-refractivity contribution in [2.24, 2.45) is 0 Å². The molecule has 33 heavy (non-hydrogen) atoms. The highest BCUT2D eigenvalue weighted by Gasteiger charge is 2.14. The predicted molar refractivity (Wildman–Crippen MR) is 135 cm³/mol. The lowest BCUT2D eigenvalue weighted by Gasteiger charge is -2.21. The number of likely N-dealkylation sites (N-methyl/N-ethyl adjacent to an activating group) is 1. The van der Waals surface area contributed by atoms with Gasteiger partial charge in [-0.25, -0.2) is 9.97 Å². The van der Waals surface area contributed by atoms with E-state index in [0.29, 0.717) is 6.42 Å². The van der Waals surface area contributed by atoms with Crippen molar-refractivity contribution in [2.45, 2.75) is 39.7 Å². The maximum absolute atomic E-state index is 5.46. The van der Waals surface area contributed by atoms with Crippen LogP contribution in [0.1, 0.15) is 51.3 Å². The molecular weight excluding hydrogens is 404 g/mol. The van der Waals surface area contributed by atoms with Gasteiger partial charge < -0.3 is 4.90 Å². The van der Waals surface area contributed by atoms with Crippen LogP contribution in [0.2, 0.25) is 0 Å². The normalized spacial score (nSPS) is 15.2. The minimum Gasteiger partial charge on any atom is -0.305 e. The van der Waals surface area contributed by atoms with Crippen molar-refractivity contribution < 1.29 is 0 Å². The van der Waals surface area contributed by atoms with Gasteiger partial charge in [-0.05, 0) is 86.4 Å². The predicted octanol–water partition coefficient (Wildman–Crippen LogP) is 4.39. The summed E-state index contributed by atoms with van der Waals surface area (Å²) in [5.41, 5.74) is 8.61. The van der Waals surface area contributed by atoms with Crippen LogP contribution in [0.25, 0.3) is 0 Å². The van der Waals surface area contributed by atoms with Gasteiger partial charge in [-0.15, -0.1) is 6.42 Å². The minimum absolute atomic E-state index is 0.709. The molecule has 0 radical (unpaired) electrons. The van der Waals surface area contributed by atoms with Crippen molar-refractivity contribution in [3.63, 3.8) is 0 Å². The quantitative estimate of drug-likeness (QED) is 0.534. The van der Waals surface area contributed by atoms with E-state index in [1.54, 1.807) is 0 Å². The zero-order valence-corrected chi connectivity index (χ0v) is 20.1. The highest BCUT2D eigenvalue weighted by Crippen LogP contribution is 2.21. The van der Waals surface area contributed by atoms with Crippen molar-refractivity contribution in [2.75, 3.05) is 33.2 Å². The van der Waals surface area contributed by atoms with E-state index < -0.39 is 0 Å². The third-order valence-electron chi connectivity index (χ3n) is 6.58. The fourth-order valence-corrected chi connectivity index (χ4v) is 4.68. The van der Waals surface area contributed by atoms with Gasteiger partial charge in [-0.1, -0.05) is 30.2 Å². The Morgan fingerprint density at radius 2 is 1.67 bits per heavy atom. The van der Waals surface area contributed by atoms with Crippen LogP contribution >= 0.6 is 0 Å². The summed E-state index contributed by atoms with van der Waals surface area (Å²) in [6.45, 7) is 10.2. The molecule has 2 aromatic carbocycles. The third-order valence-corrected chi connectivity index (χ3v) is 6.58. The van der Waals surface area contributed by atoms with Gasteiger partial charge in [-0.3, -0.25) is 4.90 Å². The lowest BCUT2D eigenvalue weighted by Crippen LogP contribution is -2.28. The molecule has 0 amide bonds. The standard InChI is InChI=1S/C29H34N4/c1-5-24-7-9-25(10-8-24)19-29-30-12-11-27(31-29)20-28-22(2)17-26(18-23(28)3)21-33-14-6-13-32(4)15-16-33/h1,7-12,17-18H,6,13-16,19-21H2,2-4H3. The van der Waals surface area contributed by atoms with Crippen molar-refractivity contribution in [1.29, 1.82) is 0 Å². The molecule has 1 saturated heterocycles. The highest BCUT2D eigenvalue weighted by atomic mass is 15.2. The van der Waals surface area contributed by atoms with Crippen LogP contribution in [-0.4, -0.2) is 53.0 Å². The molecule has 3 aromatic rings. The van der Waals surface area contributed by atoms with Gasteiger partial charge in [0, 0.05) is 49.9 Å². The van der Waals surface area contributed by atoms with Crippen LogP contribution < -0.4 is 0 Å². The van der Waals surface area contributed by atoms with Crippen LogP contribution in [0.15, 0.2) is 48.7 Å². The number of rotatable bonds is 6. The molecule has 0 spiro atoms. The SMILES string of the molecule is C#Cc1ccc(Cc2nccc(Cc3c(C)cc(CN4CCCN(C)CC4)cc3C)n2)cc1. The summed E-state index contributed by atoms with van der Waals surface area (Å²) in [5.74, 6) is 3.51. The van der Waals surface area contributed by atoms with Crippen LogP contribution in [0.3, 0.4) is 0 Å². The molecule has 2 heterocycles. The highest BCUT2D eigenvalue weighted by molar-refractivity contribution is 5.40. The molecule has 0 saturated carbocycles. The summed E-state index contributed by atoms with van der Waals surface area (Å²) >= 11 is 0. The Morgan fingerprint density at radius 1 is 0.909 bits per heavy atom. The number of terminal acetylenes is 1. The van der Waals surface area contributed by atoms with Crippen LogP contribution in [-0.2, 0) is 19.4 Å². The van der Waals surface area contributed by atoms with E-state index in [-0.39, 0.29) is 0 Å². The number of aryl methyl sites for hydroxylation is 2. The fraction of sp³-hybridized carbons (Fsp3) is 0.379. The minimum atomic E-state index is 0.709. The second-order valence-electron chi connectivity index (χ2n) is 9.30. The second-order valence-corrected chi connectivity index (χ2v) is 9.30. The van der Waals surface area contributed by atoms with Gasteiger partial charge in [-0.2, -0.15) is 0 Å². The molecule has 1 aliphatic heterocycles. The van der Waals surface area contributed by atoms with Gasteiger partial charge in [0.1, 0.15) is 5.82 Å². The molecule has 0 atom stereocenters. The van der Waals surface area contributed by atoms with Crippen LogP contribution in [0.4, 0.5) is 0 Å². The van der Waals surface area contributed by atoms with E-state index in [4.69, 9.17) is 11.4 Å². The first-order valence-corrected chi connectivity index (χ1v) is 11.9. The van der Waals surface area contributed by atoms with Gasteiger partial charge in [0.2, 0.25) is 0 Å². The summed E-state index contributed by atoms with van der Waals surface area (Å²) in [7, 11) is 2.22. The summed E-state index contributed by atoms with van der Waals surface area (Å²) in [6, 6.07) is 14.8. The van der Waals surface area contributed by atoms with E-state index in [9.17, 15) is 0 Å². The molecule has 0 aliphatic carbocycles. The summed E-state index contributed by atoms with van der Waals surface area (Å²) in [5, 5.41) is 0. The average molecular weight is 439 g/mol. The Balaban J connectivity index is 1.45. The molecule has 4 rings (SSSR count). The lowest BCUT2D eigenvalue weighted by atomic mass is 9.95. The fourth-order valence-electron chi connectivity index (χ4n) is 4.68. The Morgan fingerprint density at radius 3 is 2.39 bits per heavy atom. The van der Waals surface area contributed by atoms with Crippen molar-refractivity contribution >= 4 is 0 Å². The Hall–Kier alpha value is -3.00. The van der Waals surface area contributed by atoms with Gasteiger partial charge >= 0.3 is 0 Å².